The minimum absolute atomic E-state index is 0. The van der Waals surface area contributed by atoms with E-state index >= 15 is 0 Å². The van der Waals surface area contributed by atoms with Crippen LogP contribution in [0.1, 0.15) is 14.4 Å². The second-order valence-corrected chi connectivity index (χ2v) is 2.06. The predicted octanol–water partition coefficient (Wildman–Crippen LogP) is 2.95. The Hall–Kier alpha value is -1.83. The lowest BCUT2D eigenvalue weighted by molar-refractivity contribution is 1.49. The molecule has 1 aromatic heterocycles. The molecular weight excluding hydrogens is 182 g/mol. The molecule has 68 valence electrons. The Balaban J connectivity index is -0.000000116. The number of rotatable bonds is 0. The van der Waals surface area contributed by atoms with Crippen LogP contribution in [-0.4, -0.2) is 0 Å². The summed E-state index contributed by atoms with van der Waals surface area (Å²) in [6, 6.07) is 8.26. The van der Waals surface area contributed by atoms with Gasteiger partial charge >= 0.3 is 0 Å². The molecule has 0 saturated heterocycles. The maximum Gasteiger partial charge on any atom is 0.181 e. The quantitative estimate of drug-likeness (QED) is 0.635. The van der Waals surface area contributed by atoms with Gasteiger partial charge in [-0.1, -0.05) is 19.6 Å². The Kier molecular flexibility index (Phi) is 29.9. The lowest BCUT2D eigenvalue weighted by Crippen LogP contribution is -1.26. The highest BCUT2D eigenvalue weighted by Gasteiger charge is 1.58. The van der Waals surface area contributed by atoms with Crippen molar-refractivity contribution >= 4 is 11.3 Å². The van der Waals surface area contributed by atoms with Crippen LogP contribution in [0.3, 0.4) is 0 Å². The molecule has 4 heteroatoms. The number of nitriles is 3. The first kappa shape index (κ1) is 17.3. The summed E-state index contributed by atoms with van der Waals surface area (Å²) in [6.07, 6.45) is 0. The number of thiophene rings is 1. The van der Waals surface area contributed by atoms with E-state index in [-0.39, 0.29) is 7.43 Å². The lowest BCUT2D eigenvalue weighted by atomic mass is 10.7. The van der Waals surface area contributed by atoms with Gasteiger partial charge in [0.1, 0.15) is 0 Å². The molecule has 0 amide bonds. The van der Waals surface area contributed by atoms with Crippen LogP contribution in [0, 0.1) is 34.0 Å². The second kappa shape index (κ2) is 22.5. The highest BCUT2D eigenvalue weighted by atomic mass is 32.1. The molecule has 0 aliphatic carbocycles. The fourth-order valence-corrected chi connectivity index (χ4v) is 0.680. The van der Waals surface area contributed by atoms with Crippen LogP contribution in [0.15, 0.2) is 22.9 Å². The Labute approximate surface area is 83.1 Å². The Morgan fingerprint density at radius 1 is 1.00 bits per heavy atom. The molecule has 0 aliphatic heterocycles. The van der Waals surface area contributed by atoms with Crippen LogP contribution in [-0.2, 0) is 0 Å². The summed E-state index contributed by atoms with van der Waals surface area (Å²) in [4.78, 5) is 0. The van der Waals surface area contributed by atoms with Crippen molar-refractivity contribution in [3.8, 4) is 18.2 Å². The monoisotopic (exact) mass is 193 g/mol. The van der Waals surface area contributed by atoms with Gasteiger partial charge in [-0.2, -0.15) is 27.1 Å². The Morgan fingerprint density at radius 2 is 1.31 bits per heavy atom. The first-order valence-corrected chi connectivity index (χ1v) is 3.84. The summed E-state index contributed by atoms with van der Waals surface area (Å²) in [5.41, 5.74) is 0. The van der Waals surface area contributed by atoms with E-state index in [1.54, 1.807) is 17.4 Å². The zero-order valence-electron chi connectivity index (χ0n) is 6.56. The summed E-state index contributed by atoms with van der Waals surface area (Å²) in [7, 11) is 0. The van der Waals surface area contributed by atoms with Gasteiger partial charge in [-0.15, -0.1) is 0 Å². The van der Waals surface area contributed by atoms with E-state index in [0.717, 1.165) is 0 Å². The molecule has 1 rings (SSSR count). The van der Waals surface area contributed by atoms with E-state index in [1.807, 2.05) is 22.9 Å². The van der Waals surface area contributed by atoms with Crippen molar-refractivity contribution in [2.24, 2.45) is 0 Å². The van der Waals surface area contributed by atoms with Crippen molar-refractivity contribution in [3.05, 3.63) is 22.9 Å². The number of hydrogen-bond donors (Lipinski definition) is 0. The summed E-state index contributed by atoms with van der Waals surface area (Å²) in [5, 5.41) is 25.9. The average molecular weight is 193 g/mol. The fourth-order valence-electron chi connectivity index (χ4n) is 0.227. The normalized spacial score (nSPS) is 4.46. The molecule has 0 aromatic carbocycles. The minimum atomic E-state index is 0. The molecule has 0 saturated carbocycles. The smallest absolute Gasteiger partial charge is 0.181 e. The maximum absolute atomic E-state index is 7.32. The van der Waals surface area contributed by atoms with Crippen molar-refractivity contribution in [3.63, 3.8) is 0 Å². The molecule has 1 aromatic rings. The molecule has 0 bridgehead atoms. The van der Waals surface area contributed by atoms with Crippen LogP contribution in [0.2, 0.25) is 0 Å². The SMILES string of the molecule is C.CC#N.N#CC#N.c1ccsc1. The molecule has 3 nitrogen and oxygen atoms in total. The molecule has 0 aliphatic rings. The van der Waals surface area contributed by atoms with Gasteiger partial charge in [0.15, 0.2) is 12.1 Å². The van der Waals surface area contributed by atoms with Crippen LogP contribution in [0.25, 0.3) is 0 Å². The predicted molar refractivity (Wildman–Crippen MR) is 53.6 cm³/mol. The van der Waals surface area contributed by atoms with Crippen molar-refractivity contribution in [1.82, 2.24) is 0 Å². The van der Waals surface area contributed by atoms with Gasteiger partial charge in [-0.25, -0.2) is 0 Å². The van der Waals surface area contributed by atoms with E-state index in [2.05, 4.69) is 0 Å². The first-order valence-electron chi connectivity index (χ1n) is 2.89. The minimum Gasteiger partial charge on any atom is -0.199 e. The van der Waals surface area contributed by atoms with Crippen LogP contribution >= 0.6 is 11.3 Å². The van der Waals surface area contributed by atoms with E-state index in [4.69, 9.17) is 15.8 Å². The van der Waals surface area contributed by atoms with Gasteiger partial charge < -0.3 is 0 Å². The van der Waals surface area contributed by atoms with Crippen LogP contribution in [0.5, 0.6) is 0 Å². The van der Waals surface area contributed by atoms with Crippen molar-refractivity contribution in [1.29, 1.82) is 15.8 Å². The third-order valence-corrected chi connectivity index (χ3v) is 1.10. The number of nitrogens with zero attached hydrogens (tertiary/aromatic N) is 3. The molecule has 0 radical (unpaired) electrons. The highest BCUT2D eigenvalue weighted by Crippen LogP contribution is 1.91. The molecule has 1 heterocycles. The average Bonchev–Trinajstić information content (AvgIpc) is 2.62. The van der Waals surface area contributed by atoms with E-state index in [9.17, 15) is 0 Å². The topological polar surface area (TPSA) is 71.4 Å². The Bertz CT molecular complexity index is 242. The molecule has 0 atom stereocenters. The van der Waals surface area contributed by atoms with Gasteiger partial charge in [0.2, 0.25) is 0 Å². The van der Waals surface area contributed by atoms with Crippen molar-refractivity contribution in [2.45, 2.75) is 14.4 Å². The summed E-state index contributed by atoms with van der Waals surface area (Å²) in [6.45, 7) is 1.43. The summed E-state index contributed by atoms with van der Waals surface area (Å²) < 4.78 is 0. The van der Waals surface area contributed by atoms with Gasteiger partial charge in [-0.05, 0) is 10.8 Å². The molecule has 0 spiro atoms. The van der Waals surface area contributed by atoms with Crippen LogP contribution in [0.4, 0.5) is 0 Å². The lowest BCUT2D eigenvalue weighted by Gasteiger charge is -1.39. The molecule has 0 fully saturated rings. The van der Waals surface area contributed by atoms with E-state index in [1.165, 1.54) is 19.1 Å². The second-order valence-electron chi connectivity index (χ2n) is 1.24. The zero-order valence-corrected chi connectivity index (χ0v) is 7.38. The fraction of sp³-hybridized carbons (Fsp3) is 0.222. The van der Waals surface area contributed by atoms with Gasteiger partial charge in [0.25, 0.3) is 0 Å². The standard InChI is InChI=1S/C4H4S.C2N2.C2H3N.CH4/c1-2-4-5-3-1;3-1-2-4;1-2-3;/h1-4H;;1H3;1H4. The third kappa shape index (κ3) is 39.0. The molecular formula is C9H11N3S. The Morgan fingerprint density at radius 3 is 1.38 bits per heavy atom. The van der Waals surface area contributed by atoms with Crippen molar-refractivity contribution in [2.75, 3.05) is 0 Å². The molecule has 0 N–H and O–H groups in total. The molecule has 13 heavy (non-hydrogen) atoms. The first-order chi connectivity index (χ1) is 5.83. The number of hydrogen-bond acceptors (Lipinski definition) is 4. The van der Waals surface area contributed by atoms with Crippen molar-refractivity contribution < 1.29 is 0 Å². The van der Waals surface area contributed by atoms with Gasteiger partial charge in [-0.3, -0.25) is 0 Å². The van der Waals surface area contributed by atoms with E-state index < -0.39 is 0 Å². The largest absolute Gasteiger partial charge is 0.199 e. The highest BCUT2D eigenvalue weighted by molar-refractivity contribution is 7.07. The molecule has 0 unspecified atom stereocenters. The summed E-state index contributed by atoms with van der Waals surface area (Å²) >= 11 is 1.71. The maximum atomic E-state index is 7.32. The summed E-state index contributed by atoms with van der Waals surface area (Å²) in [5.74, 6) is 0. The van der Waals surface area contributed by atoms with Crippen LogP contribution < -0.4 is 0 Å². The van der Waals surface area contributed by atoms with E-state index in [0.29, 0.717) is 0 Å². The van der Waals surface area contributed by atoms with Gasteiger partial charge in [0, 0.05) is 6.92 Å². The third-order valence-electron chi connectivity index (χ3n) is 0.475. The zero-order chi connectivity index (χ0) is 9.66. The van der Waals surface area contributed by atoms with Gasteiger partial charge in [0.05, 0.1) is 6.07 Å².